The molecule has 2 aromatic carbocycles. The summed E-state index contributed by atoms with van der Waals surface area (Å²) in [5, 5.41) is 13.1. The molecule has 0 bridgehead atoms. The fraction of sp³-hybridized carbons (Fsp3) is 0.261. The molecule has 5 nitrogen and oxygen atoms in total. The molecule has 0 aliphatic rings. The average Bonchev–Trinajstić information content (AvgIpc) is 2.94. The molecule has 0 aliphatic carbocycles. The number of carbonyl (C=O) groups is 1. The number of aromatic carboxylic acids is 1. The van der Waals surface area contributed by atoms with Crippen LogP contribution in [0.25, 0.3) is 0 Å². The van der Waals surface area contributed by atoms with Crippen molar-refractivity contribution >= 4 is 5.97 Å². The Morgan fingerprint density at radius 2 is 1.79 bits per heavy atom. The van der Waals surface area contributed by atoms with Crippen molar-refractivity contribution in [3.63, 3.8) is 0 Å². The molecule has 0 fully saturated rings. The lowest BCUT2D eigenvalue weighted by molar-refractivity contribution is 0.0694. The molecule has 29 heavy (non-hydrogen) atoms. The molecule has 0 atom stereocenters. The fourth-order valence-corrected chi connectivity index (χ4v) is 3.57. The highest BCUT2D eigenvalue weighted by Crippen LogP contribution is 2.25. The van der Waals surface area contributed by atoms with Crippen LogP contribution in [0.15, 0.2) is 48.5 Å². The van der Waals surface area contributed by atoms with Crippen molar-refractivity contribution in [2.24, 2.45) is 0 Å². The van der Waals surface area contributed by atoms with E-state index in [2.05, 4.69) is 5.32 Å². The molecular weight excluding hydrogens is 371 g/mol. The third-order valence-electron chi connectivity index (χ3n) is 5.14. The molecule has 152 valence electrons. The quantitative estimate of drug-likeness (QED) is 0.596. The Morgan fingerprint density at radius 1 is 1.07 bits per heavy atom. The summed E-state index contributed by atoms with van der Waals surface area (Å²) in [7, 11) is 1.62. The van der Waals surface area contributed by atoms with Gasteiger partial charge in [-0.1, -0.05) is 24.3 Å². The standard InChI is InChI=1S/C23H25FN2O3/c1-15-21(13-25-12-17-7-9-19(24)10-8-17)22(23(27)28)16(2)26(15)14-18-5-4-6-20(11-18)29-3/h4-11,25H,12-14H2,1-3H3,(H,27,28). The highest BCUT2D eigenvalue weighted by molar-refractivity contribution is 5.91. The van der Waals surface area contributed by atoms with Crippen molar-refractivity contribution < 1.29 is 19.0 Å². The van der Waals surface area contributed by atoms with Crippen molar-refractivity contribution in [3.8, 4) is 5.75 Å². The second kappa shape index (κ2) is 8.92. The Labute approximate surface area is 169 Å². The molecule has 1 aromatic heterocycles. The lowest BCUT2D eigenvalue weighted by atomic mass is 10.1. The van der Waals surface area contributed by atoms with E-state index in [0.29, 0.717) is 25.2 Å². The second-order valence-corrected chi connectivity index (χ2v) is 7.00. The highest BCUT2D eigenvalue weighted by Gasteiger charge is 2.22. The zero-order valence-corrected chi connectivity index (χ0v) is 16.8. The summed E-state index contributed by atoms with van der Waals surface area (Å²) in [5.74, 6) is -0.443. The molecule has 3 aromatic rings. The molecular formula is C23H25FN2O3. The minimum atomic E-state index is -0.937. The molecule has 0 saturated heterocycles. The number of nitrogens with zero attached hydrogens (tertiary/aromatic N) is 1. The second-order valence-electron chi connectivity index (χ2n) is 7.00. The number of methoxy groups -OCH3 is 1. The lowest BCUT2D eigenvalue weighted by Crippen LogP contribution is -2.15. The van der Waals surface area contributed by atoms with Crippen molar-refractivity contribution in [1.29, 1.82) is 0 Å². The predicted octanol–water partition coefficient (Wildman–Crippen LogP) is 4.29. The number of nitrogens with one attached hydrogen (secondary N) is 1. The average molecular weight is 396 g/mol. The topological polar surface area (TPSA) is 63.5 Å². The molecule has 6 heteroatoms. The molecule has 0 amide bonds. The van der Waals surface area contributed by atoms with Crippen LogP contribution in [-0.4, -0.2) is 22.8 Å². The first-order valence-corrected chi connectivity index (χ1v) is 9.40. The van der Waals surface area contributed by atoms with Gasteiger partial charge in [0.1, 0.15) is 11.6 Å². The van der Waals surface area contributed by atoms with Gasteiger partial charge in [-0.25, -0.2) is 9.18 Å². The van der Waals surface area contributed by atoms with E-state index in [1.54, 1.807) is 19.2 Å². The Balaban J connectivity index is 1.83. The molecule has 0 spiro atoms. The highest BCUT2D eigenvalue weighted by atomic mass is 19.1. The van der Waals surface area contributed by atoms with E-state index in [0.717, 1.165) is 33.8 Å². The van der Waals surface area contributed by atoms with Crippen molar-refractivity contribution in [1.82, 2.24) is 9.88 Å². The first kappa shape index (κ1) is 20.6. The largest absolute Gasteiger partial charge is 0.497 e. The molecule has 0 unspecified atom stereocenters. The summed E-state index contributed by atoms with van der Waals surface area (Å²) >= 11 is 0. The third kappa shape index (κ3) is 4.66. The summed E-state index contributed by atoms with van der Waals surface area (Å²) in [6.45, 7) is 5.28. The number of ether oxygens (including phenoxy) is 1. The van der Waals surface area contributed by atoms with Crippen molar-refractivity contribution in [2.75, 3.05) is 7.11 Å². The SMILES string of the molecule is COc1cccc(Cn2c(C)c(CNCc3ccc(F)cc3)c(C(=O)O)c2C)c1. The number of rotatable bonds is 8. The maximum absolute atomic E-state index is 13.0. The van der Waals surface area contributed by atoms with E-state index < -0.39 is 5.97 Å². The number of hydrogen-bond acceptors (Lipinski definition) is 3. The molecule has 0 aliphatic heterocycles. The minimum absolute atomic E-state index is 0.275. The summed E-state index contributed by atoms with van der Waals surface area (Å²) in [4.78, 5) is 11.9. The van der Waals surface area contributed by atoms with Gasteiger partial charge in [-0.15, -0.1) is 0 Å². The van der Waals surface area contributed by atoms with Crippen molar-refractivity contribution in [3.05, 3.63) is 88.0 Å². The van der Waals surface area contributed by atoms with Crippen LogP contribution in [0.2, 0.25) is 0 Å². The van der Waals surface area contributed by atoms with Crippen LogP contribution < -0.4 is 10.1 Å². The summed E-state index contributed by atoms with van der Waals surface area (Å²) < 4.78 is 20.4. The van der Waals surface area contributed by atoms with Gasteiger partial charge in [0, 0.05) is 36.6 Å². The number of aromatic nitrogens is 1. The van der Waals surface area contributed by atoms with Gasteiger partial charge in [0.2, 0.25) is 0 Å². The Morgan fingerprint density at radius 3 is 2.45 bits per heavy atom. The van der Waals surface area contributed by atoms with Crippen molar-refractivity contribution in [2.45, 2.75) is 33.5 Å². The summed E-state index contributed by atoms with van der Waals surface area (Å²) in [5.41, 5.74) is 4.70. The Hall–Kier alpha value is -3.12. The lowest BCUT2D eigenvalue weighted by Gasteiger charge is -2.11. The smallest absolute Gasteiger partial charge is 0.337 e. The first-order chi connectivity index (χ1) is 13.9. The molecule has 2 N–H and O–H groups in total. The van der Waals surface area contributed by atoms with Crippen LogP contribution in [0.5, 0.6) is 5.75 Å². The van der Waals surface area contributed by atoms with Gasteiger partial charge in [0.05, 0.1) is 12.7 Å². The fourth-order valence-electron chi connectivity index (χ4n) is 3.57. The minimum Gasteiger partial charge on any atom is -0.497 e. The zero-order valence-electron chi connectivity index (χ0n) is 16.8. The predicted molar refractivity (Wildman–Crippen MR) is 110 cm³/mol. The zero-order chi connectivity index (χ0) is 21.0. The van der Waals surface area contributed by atoms with E-state index in [4.69, 9.17) is 4.74 Å². The molecule has 1 heterocycles. The summed E-state index contributed by atoms with van der Waals surface area (Å²) in [6, 6.07) is 14.0. The van der Waals surface area contributed by atoms with Crippen LogP contribution in [0.3, 0.4) is 0 Å². The molecule has 0 radical (unpaired) electrons. The number of halogens is 1. The van der Waals surface area contributed by atoms with Crippen LogP contribution in [0.1, 0.15) is 38.4 Å². The maximum atomic E-state index is 13.0. The number of carboxylic acid groups (broad SMARTS) is 1. The van der Waals surface area contributed by atoms with Gasteiger partial charge in [-0.3, -0.25) is 0 Å². The maximum Gasteiger partial charge on any atom is 0.337 e. The summed E-state index contributed by atoms with van der Waals surface area (Å²) in [6.07, 6.45) is 0. The Bertz CT molecular complexity index is 1010. The van der Waals surface area contributed by atoms with Crippen LogP contribution in [0.4, 0.5) is 4.39 Å². The van der Waals surface area contributed by atoms with E-state index in [9.17, 15) is 14.3 Å². The monoisotopic (exact) mass is 396 g/mol. The van der Waals surface area contributed by atoms with E-state index >= 15 is 0 Å². The Kier molecular flexibility index (Phi) is 6.34. The normalized spacial score (nSPS) is 10.9. The van der Waals surface area contributed by atoms with Crippen LogP contribution in [-0.2, 0) is 19.6 Å². The van der Waals surface area contributed by atoms with E-state index in [1.165, 1.54) is 12.1 Å². The number of carboxylic acids is 1. The van der Waals surface area contributed by atoms with Crippen LogP contribution in [0, 0.1) is 19.7 Å². The van der Waals surface area contributed by atoms with Gasteiger partial charge >= 0.3 is 5.97 Å². The van der Waals surface area contributed by atoms with Gasteiger partial charge < -0.3 is 19.7 Å². The van der Waals surface area contributed by atoms with Gasteiger partial charge in [-0.05, 0) is 49.2 Å². The third-order valence-corrected chi connectivity index (χ3v) is 5.14. The van der Waals surface area contributed by atoms with Crippen LogP contribution >= 0.6 is 0 Å². The number of hydrogen-bond donors (Lipinski definition) is 2. The number of benzene rings is 2. The van der Waals surface area contributed by atoms with Gasteiger partial charge in [0.25, 0.3) is 0 Å². The first-order valence-electron chi connectivity index (χ1n) is 9.40. The van der Waals surface area contributed by atoms with E-state index in [-0.39, 0.29) is 5.82 Å². The van der Waals surface area contributed by atoms with E-state index in [1.807, 2.05) is 42.7 Å². The van der Waals surface area contributed by atoms with Gasteiger partial charge in [0.15, 0.2) is 0 Å². The molecule has 0 saturated carbocycles. The van der Waals surface area contributed by atoms with Gasteiger partial charge in [-0.2, -0.15) is 0 Å². The molecule has 3 rings (SSSR count).